The van der Waals surface area contributed by atoms with E-state index >= 15 is 0 Å². The molecule has 1 unspecified atom stereocenters. The van der Waals surface area contributed by atoms with Gasteiger partial charge in [-0.2, -0.15) is 0 Å². The number of ketones is 1. The lowest BCUT2D eigenvalue weighted by Crippen LogP contribution is -2.22. The number of benzene rings is 3. The van der Waals surface area contributed by atoms with Gasteiger partial charge in [0.15, 0.2) is 5.78 Å². The second-order valence-electron chi connectivity index (χ2n) is 18.0. The van der Waals surface area contributed by atoms with Crippen molar-refractivity contribution in [2.75, 3.05) is 19.0 Å². The Morgan fingerprint density at radius 3 is 1.10 bits per heavy atom. The Morgan fingerprint density at radius 2 is 0.772 bits per heavy atom. The third-order valence-electron chi connectivity index (χ3n) is 12.9. The molecule has 9 heterocycles. The number of aliphatic carboxylic acids is 1. The van der Waals surface area contributed by atoms with Crippen molar-refractivity contribution < 1.29 is 24.3 Å². The van der Waals surface area contributed by atoms with Crippen LogP contribution in [-0.4, -0.2) is 65.4 Å². The lowest BCUT2D eigenvalue weighted by molar-refractivity contribution is -0.139. The minimum absolute atomic E-state index is 0.0676. The summed E-state index contributed by atoms with van der Waals surface area (Å²) in [5, 5.41) is 9.28. The summed E-state index contributed by atoms with van der Waals surface area (Å²) in [6.07, 6.45) is 5.39. The van der Waals surface area contributed by atoms with E-state index in [2.05, 4.69) is 144 Å². The van der Waals surface area contributed by atoms with Gasteiger partial charge in [-0.25, -0.2) is 0 Å². The minimum atomic E-state index is -1.04. The molecule has 0 aliphatic carbocycles. The number of allylic oxidation sites excluding steroid dienone is 1. The first kappa shape index (κ1) is 53.9. The maximum Gasteiger partial charge on any atom is 0.304 e. The number of Topliss-reactive ketones (excluding diaryl/α,β-unsaturated/α-hetero) is 1. The zero-order valence-corrected chi connectivity index (χ0v) is 51.0. The van der Waals surface area contributed by atoms with Crippen LogP contribution in [0.1, 0.15) is 21.1 Å². The predicted molar refractivity (Wildman–Crippen MR) is 352 cm³/mol. The van der Waals surface area contributed by atoms with E-state index in [1.807, 2.05) is 24.3 Å². The minimum Gasteiger partial charge on any atom is -0.481 e. The average Bonchev–Trinajstić information content (AvgIpc) is 4.36. The smallest absolute Gasteiger partial charge is 0.304 e. The zero-order valence-electron chi connectivity index (χ0n) is 41.2. The molecular weight excluding hydrogens is 1220 g/mol. The van der Waals surface area contributed by atoms with E-state index in [-0.39, 0.29) is 24.0 Å². The summed E-state index contributed by atoms with van der Waals surface area (Å²) in [4.78, 5) is 69.8. The van der Waals surface area contributed by atoms with Crippen LogP contribution in [0.25, 0.3) is 78.8 Å². The highest BCUT2D eigenvalue weighted by Gasteiger charge is 2.37. The van der Waals surface area contributed by atoms with Gasteiger partial charge in [0, 0.05) is 89.7 Å². The molecule has 0 spiro atoms. The van der Waals surface area contributed by atoms with Crippen molar-refractivity contribution in [2.45, 2.75) is 6.42 Å². The van der Waals surface area contributed by atoms with Crippen LogP contribution in [0.5, 0.6) is 0 Å². The van der Waals surface area contributed by atoms with Crippen molar-refractivity contribution in [3.05, 3.63) is 175 Å². The van der Waals surface area contributed by atoms with Gasteiger partial charge in [-0.3, -0.25) is 29.0 Å². The van der Waals surface area contributed by atoms with Crippen LogP contribution >= 0.6 is 140 Å². The van der Waals surface area contributed by atoms with Crippen LogP contribution in [0.4, 0.5) is 17.1 Å². The first-order valence-corrected chi connectivity index (χ1v) is 32.6. The molecule has 3 aliphatic heterocycles. The summed E-state index contributed by atoms with van der Waals surface area (Å²) in [5.74, 6) is -2.17. The number of nitrogens with zero attached hydrogens (tertiary/aromatic N) is 3. The van der Waals surface area contributed by atoms with Crippen LogP contribution in [0.3, 0.4) is 0 Å². The van der Waals surface area contributed by atoms with Gasteiger partial charge in [0.1, 0.15) is 8.64 Å². The number of rotatable bonds is 14. The Labute approximate surface area is 507 Å². The molecule has 3 aromatic carbocycles. The van der Waals surface area contributed by atoms with Gasteiger partial charge in [-0.05, 0) is 144 Å². The molecule has 3 fully saturated rings. The molecule has 79 heavy (non-hydrogen) atoms. The van der Waals surface area contributed by atoms with Crippen molar-refractivity contribution in [3.63, 3.8) is 0 Å². The van der Waals surface area contributed by atoms with E-state index < -0.39 is 11.9 Å². The molecule has 1 atom stereocenters. The Hall–Kier alpha value is -5.72. The molecule has 0 bridgehead atoms. The van der Waals surface area contributed by atoms with Crippen LogP contribution in [-0.2, 0) is 19.2 Å². The fraction of sp³-hybridized carbons (Fsp3) is 0.0678. The van der Waals surface area contributed by atoms with E-state index in [0.29, 0.717) is 27.6 Å². The maximum absolute atomic E-state index is 13.0. The SMILES string of the molecule is CN1C(=O)/C(=C/c2ccc(-c3ccc(-c4ccc(N(c5ccc(-c6ccc(-c7ccc(/C=C8/SC(=S)C(CC(=O)O)C8=O)s7)s6)cc5)c5ccc(-c6ccc(-c7ccc(/C=C8/SC(=S)N(C)C8=O)s7)s6)cc5)cc4)s3)s2)SC1=S. The molecule has 0 radical (unpaired) electrons. The molecule has 9 aromatic rings. The lowest BCUT2D eigenvalue weighted by atomic mass is 10.0. The molecule has 6 aromatic heterocycles. The zero-order chi connectivity index (χ0) is 54.6. The number of hydrogen-bond donors (Lipinski definition) is 1. The van der Waals surface area contributed by atoms with Crippen molar-refractivity contribution >= 4 is 212 Å². The molecule has 3 saturated heterocycles. The van der Waals surface area contributed by atoms with Crippen molar-refractivity contribution in [3.8, 4) is 60.6 Å². The molecule has 12 rings (SSSR count). The molecule has 1 N–H and O–H groups in total. The number of thiocarbonyl (C=S) groups is 3. The average molecular weight is 1250 g/mol. The fourth-order valence-electron chi connectivity index (χ4n) is 8.77. The summed E-state index contributed by atoms with van der Waals surface area (Å²) >= 11 is 30.0. The topological polar surface area (TPSA) is 98.2 Å². The molecular formula is C59H37N3O5S12. The summed E-state index contributed by atoms with van der Waals surface area (Å²) in [5.41, 5.74) is 6.33. The molecule has 0 saturated carbocycles. The van der Waals surface area contributed by atoms with Gasteiger partial charge < -0.3 is 10.0 Å². The number of carboxylic acid groups (broad SMARTS) is 1. The van der Waals surface area contributed by atoms with Gasteiger partial charge in [0.25, 0.3) is 11.8 Å². The third-order valence-corrected chi connectivity index (χ3v) is 24.5. The number of amides is 2. The van der Waals surface area contributed by atoms with E-state index in [0.717, 1.165) is 92.3 Å². The molecule has 390 valence electrons. The van der Waals surface area contributed by atoms with Gasteiger partial charge in [-0.1, -0.05) is 108 Å². The van der Waals surface area contributed by atoms with E-state index in [9.17, 15) is 24.3 Å². The van der Waals surface area contributed by atoms with Crippen LogP contribution in [0.2, 0.25) is 0 Å². The van der Waals surface area contributed by atoms with Gasteiger partial charge in [0.05, 0.1) is 31.3 Å². The Morgan fingerprint density at radius 1 is 0.456 bits per heavy atom. The first-order valence-electron chi connectivity index (χ1n) is 24.0. The number of carboxylic acids is 1. The summed E-state index contributed by atoms with van der Waals surface area (Å²) in [6.45, 7) is 0. The highest BCUT2D eigenvalue weighted by molar-refractivity contribution is 8.27. The molecule has 20 heteroatoms. The summed E-state index contributed by atoms with van der Waals surface area (Å²) in [6, 6.07) is 51.4. The fourth-order valence-corrected chi connectivity index (χ4v) is 18.9. The summed E-state index contributed by atoms with van der Waals surface area (Å²) < 4.78 is 1.54. The molecule has 3 aliphatic rings. The number of carbonyl (C=O) groups excluding carboxylic acids is 3. The lowest BCUT2D eigenvalue weighted by Gasteiger charge is -2.26. The standard InChI is InChI=1S/C59H37N3O5S12/c1-60-55(66)51(78-58(60)69)28-38-16-19-45(72-38)48-25-22-42(75-48)32-5-11-35(12-6-32)62(36-13-7-33(8-14-36)43-23-26-49(76-43)46-20-17-39(73-46)29-52-56(67)61(2)59(70)79-52)34-9-3-31(4-10-34)41-21-24-47(74-41)44-18-15-37(71-44)27-50-54(65)40(30-53(63)64)57(68)77-50/h3-29,40H,30H2,1-2H3,(H,63,64)/b50-27+,51-28-,52-29+. The Balaban J connectivity index is 0.799. The normalized spacial score (nSPS) is 17.3. The van der Waals surface area contributed by atoms with E-state index in [4.69, 9.17) is 36.7 Å². The first-order chi connectivity index (χ1) is 38.2. The summed E-state index contributed by atoms with van der Waals surface area (Å²) in [7, 11) is 3.42. The number of likely N-dealkylation sites (N-methyl/N-ethyl adjacent to an activating group) is 2. The monoisotopic (exact) mass is 1250 g/mol. The van der Waals surface area contributed by atoms with Crippen LogP contribution in [0.15, 0.2) is 160 Å². The quantitative estimate of drug-likeness (QED) is 0.0829. The van der Waals surface area contributed by atoms with Gasteiger partial charge in [-0.15, -0.1) is 68.0 Å². The number of thioether (sulfide) groups is 3. The third kappa shape index (κ3) is 11.2. The van der Waals surface area contributed by atoms with Crippen LogP contribution < -0.4 is 4.90 Å². The van der Waals surface area contributed by atoms with E-state index in [1.54, 1.807) is 82.1 Å². The maximum atomic E-state index is 13.0. The second kappa shape index (κ2) is 22.7. The molecule has 8 nitrogen and oxygen atoms in total. The number of carbonyl (C=O) groups is 4. The van der Waals surface area contributed by atoms with Gasteiger partial charge >= 0.3 is 5.97 Å². The Bertz CT molecular complexity index is 3900. The highest BCUT2D eigenvalue weighted by atomic mass is 32.2. The van der Waals surface area contributed by atoms with Crippen molar-refractivity contribution in [1.82, 2.24) is 9.80 Å². The van der Waals surface area contributed by atoms with Crippen molar-refractivity contribution in [2.24, 2.45) is 5.92 Å². The van der Waals surface area contributed by atoms with Gasteiger partial charge in [0.2, 0.25) is 0 Å². The second-order valence-corrected chi connectivity index (χ2v) is 29.7. The Kier molecular flexibility index (Phi) is 15.5. The van der Waals surface area contributed by atoms with Crippen molar-refractivity contribution in [1.29, 1.82) is 0 Å². The number of anilines is 3. The molecule has 2 amide bonds. The largest absolute Gasteiger partial charge is 0.481 e. The highest BCUT2D eigenvalue weighted by Crippen LogP contribution is 2.46. The predicted octanol–water partition coefficient (Wildman–Crippen LogP) is 18.3. The van der Waals surface area contributed by atoms with Crippen LogP contribution in [0, 0.1) is 5.92 Å². The van der Waals surface area contributed by atoms with E-state index in [1.165, 1.54) is 45.1 Å². The number of thiophene rings is 6. The number of hydrogen-bond acceptors (Lipinski definition) is 17.